The number of hydrogen-bond acceptors (Lipinski definition) is 2. The Balaban J connectivity index is 2.07. The standard InChI is InChI=1S/C16H23ClN2O/c1-2-3-9-14-13(10-11-15(17)19-14)16(20)18-12-7-5-4-6-8-12/h10-12H,2-9H2,1H3,(H,18,20). The molecule has 1 aliphatic carbocycles. The average Bonchev–Trinajstić information content (AvgIpc) is 2.46. The van der Waals surface area contributed by atoms with Crippen LogP contribution in [0.15, 0.2) is 12.1 Å². The molecule has 1 N–H and O–H groups in total. The summed E-state index contributed by atoms with van der Waals surface area (Å²) >= 11 is 5.95. The first-order chi connectivity index (χ1) is 9.70. The molecule has 4 heteroatoms. The zero-order valence-corrected chi connectivity index (χ0v) is 12.9. The van der Waals surface area contributed by atoms with Crippen LogP contribution in [0.5, 0.6) is 0 Å². The molecule has 2 rings (SSSR count). The second kappa shape index (κ2) is 7.63. The SMILES string of the molecule is CCCCc1nc(Cl)ccc1C(=O)NC1CCCCC1. The third-order valence-electron chi connectivity index (χ3n) is 3.89. The Morgan fingerprint density at radius 1 is 1.35 bits per heavy atom. The molecule has 0 radical (unpaired) electrons. The maximum absolute atomic E-state index is 12.4. The summed E-state index contributed by atoms with van der Waals surface area (Å²) < 4.78 is 0. The number of nitrogens with one attached hydrogen (secondary N) is 1. The van der Waals surface area contributed by atoms with Crippen LogP contribution in [0.2, 0.25) is 5.15 Å². The topological polar surface area (TPSA) is 42.0 Å². The first-order valence-electron chi connectivity index (χ1n) is 7.67. The lowest BCUT2D eigenvalue weighted by Gasteiger charge is -2.23. The fraction of sp³-hybridized carbons (Fsp3) is 0.625. The lowest BCUT2D eigenvalue weighted by atomic mass is 9.95. The minimum atomic E-state index is 0.00664. The van der Waals surface area contributed by atoms with Crippen LogP contribution in [-0.2, 0) is 6.42 Å². The molecule has 0 aliphatic heterocycles. The highest BCUT2D eigenvalue weighted by Gasteiger charge is 2.19. The summed E-state index contributed by atoms with van der Waals surface area (Å²) in [6.07, 6.45) is 8.82. The fourth-order valence-electron chi connectivity index (χ4n) is 2.73. The summed E-state index contributed by atoms with van der Waals surface area (Å²) in [5.41, 5.74) is 1.51. The molecule has 1 fully saturated rings. The molecule has 0 aromatic carbocycles. The van der Waals surface area contributed by atoms with Crippen LogP contribution >= 0.6 is 11.6 Å². The Morgan fingerprint density at radius 2 is 2.10 bits per heavy atom. The van der Waals surface area contributed by atoms with Gasteiger partial charge >= 0.3 is 0 Å². The molecule has 3 nitrogen and oxygen atoms in total. The largest absolute Gasteiger partial charge is 0.349 e. The van der Waals surface area contributed by atoms with Gasteiger partial charge in [-0.25, -0.2) is 4.98 Å². The molecule has 1 aromatic rings. The summed E-state index contributed by atoms with van der Waals surface area (Å²) in [5.74, 6) is 0.00664. The van der Waals surface area contributed by atoms with Gasteiger partial charge in [0.2, 0.25) is 0 Å². The third kappa shape index (κ3) is 4.20. The van der Waals surface area contributed by atoms with Gasteiger partial charge in [-0.15, -0.1) is 0 Å². The van der Waals surface area contributed by atoms with Gasteiger partial charge < -0.3 is 5.32 Å². The number of aromatic nitrogens is 1. The third-order valence-corrected chi connectivity index (χ3v) is 4.10. The van der Waals surface area contributed by atoms with E-state index in [1.54, 1.807) is 12.1 Å². The number of halogens is 1. The minimum absolute atomic E-state index is 0.00664. The Hall–Kier alpha value is -1.09. The van der Waals surface area contributed by atoms with E-state index in [1.807, 2.05) is 0 Å². The van der Waals surface area contributed by atoms with E-state index < -0.39 is 0 Å². The Kier molecular flexibility index (Phi) is 5.84. The number of pyridine rings is 1. The highest BCUT2D eigenvalue weighted by Crippen LogP contribution is 2.19. The maximum atomic E-state index is 12.4. The van der Waals surface area contributed by atoms with Gasteiger partial charge in [0.05, 0.1) is 11.3 Å². The minimum Gasteiger partial charge on any atom is -0.349 e. The first kappa shape index (κ1) is 15.3. The summed E-state index contributed by atoms with van der Waals surface area (Å²) in [4.78, 5) is 16.7. The van der Waals surface area contributed by atoms with Crippen LogP contribution in [0.4, 0.5) is 0 Å². The zero-order chi connectivity index (χ0) is 14.4. The number of rotatable bonds is 5. The second-order valence-electron chi connectivity index (χ2n) is 5.54. The number of carbonyl (C=O) groups is 1. The molecule has 1 amide bonds. The van der Waals surface area contributed by atoms with Crippen molar-refractivity contribution in [1.82, 2.24) is 10.3 Å². The highest BCUT2D eigenvalue weighted by molar-refractivity contribution is 6.29. The summed E-state index contributed by atoms with van der Waals surface area (Å²) in [5, 5.41) is 3.61. The van der Waals surface area contributed by atoms with Crippen LogP contribution in [-0.4, -0.2) is 16.9 Å². The first-order valence-corrected chi connectivity index (χ1v) is 8.04. The van der Waals surface area contributed by atoms with Gasteiger partial charge in [-0.1, -0.05) is 44.2 Å². The molecular weight excluding hydrogens is 272 g/mol. The number of nitrogens with zero attached hydrogens (tertiary/aromatic N) is 1. The van der Waals surface area contributed by atoms with E-state index in [9.17, 15) is 4.79 Å². The van der Waals surface area contributed by atoms with Crippen LogP contribution in [0.25, 0.3) is 0 Å². The van der Waals surface area contributed by atoms with E-state index in [1.165, 1.54) is 19.3 Å². The molecule has 0 unspecified atom stereocenters. The molecule has 0 spiro atoms. The van der Waals surface area contributed by atoms with Crippen LogP contribution < -0.4 is 5.32 Å². The zero-order valence-electron chi connectivity index (χ0n) is 12.1. The quantitative estimate of drug-likeness (QED) is 0.829. The number of carbonyl (C=O) groups excluding carboxylic acids is 1. The van der Waals surface area contributed by atoms with Gasteiger partial charge in [-0.05, 0) is 37.8 Å². The van der Waals surface area contributed by atoms with Crippen molar-refractivity contribution in [2.45, 2.75) is 64.3 Å². The highest BCUT2D eigenvalue weighted by atomic mass is 35.5. The molecular formula is C16H23ClN2O. The number of hydrogen-bond donors (Lipinski definition) is 1. The molecule has 1 saturated carbocycles. The van der Waals surface area contributed by atoms with Crippen molar-refractivity contribution in [3.63, 3.8) is 0 Å². The number of unbranched alkanes of at least 4 members (excludes halogenated alkanes) is 1. The maximum Gasteiger partial charge on any atom is 0.253 e. The Labute approximate surface area is 126 Å². The molecule has 110 valence electrons. The molecule has 0 atom stereocenters. The van der Waals surface area contributed by atoms with Crippen molar-refractivity contribution in [1.29, 1.82) is 0 Å². The lowest BCUT2D eigenvalue weighted by Crippen LogP contribution is -2.36. The molecule has 20 heavy (non-hydrogen) atoms. The van der Waals surface area contributed by atoms with Gasteiger partial charge in [0, 0.05) is 6.04 Å². The summed E-state index contributed by atoms with van der Waals surface area (Å²) in [6, 6.07) is 3.83. The van der Waals surface area contributed by atoms with Gasteiger partial charge in [-0.3, -0.25) is 4.79 Å². The smallest absolute Gasteiger partial charge is 0.253 e. The van der Waals surface area contributed by atoms with Gasteiger partial charge in [0.1, 0.15) is 5.15 Å². The Bertz CT molecular complexity index is 456. The summed E-state index contributed by atoms with van der Waals surface area (Å²) in [6.45, 7) is 2.13. The molecule has 1 heterocycles. The van der Waals surface area contributed by atoms with Crippen LogP contribution in [0.3, 0.4) is 0 Å². The van der Waals surface area contributed by atoms with Crippen molar-refractivity contribution < 1.29 is 4.79 Å². The molecule has 1 aliphatic rings. The van der Waals surface area contributed by atoms with Crippen LogP contribution in [0, 0.1) is 0 Å². The van der Waals surface area contributed by atoms with Crippen molar-refractivity contribution >= 4 is 17.5 Å². The van der Waals surface area contributed by atoms with Gasteiger partial charge in [0.25, 0.3) is 5.91 Å². The second-order valence-corrected chi connectivity index (χ2v) is 5.93. The van der Waals surface area contributed by atoms with E-state index in [-0.39, 0.29) is 5.91 Å². The average molecular weight is 295 g/mol. The van der Waals surface area contributed by atoms with Crippen molar-refractivity contribution in [2.24, 2.45) is 0 Å². The molecule has 0 bridgehead atoms. The van der Waals surface area contributed by atoms with Crippen molar-refractivity contribution in [3.05, 3.63) is 28.5 Å². The van der Waals surface area contributed by atoms with E-state index in [0.29, 0.717) is 16.8 Å². The van der Waals surface area contributed by atoms with Crippen molar-refractivity contribution in [2.75, 3.05) is 0 Å². The molecule has 0 saturated heterocycles. The van der Waals surface area contributed by atoms with Crippen molar-refractivity contribution in [3.8, 4) is 0 Å². The van der Waals surface area contributed by atoms with E-state index >= 15 is 0 Å². The monoisotopic (exact) mass is 294 g/mol. The number of aryl methyl sites for hydroxylation is 1. The van der Waals surface area contributed by atoms with E-state index in [4.69, 9.17) is 11.6 Å². The lowest BCUT2D eigenvalue weighted by molar-refractivity contribution is 0.0926. The normalized spacial score (nSPS) is 16.1. The molecule has 1 aromatic heterocycles. The fourth-order valence-corrected chi connectivity index (χ4v) is 2.89. The van der Waals surface area contributed by atoms with Crippen LogP contribution in [0.1, 0.15) is 67.9 Å². The predicted molar refractivity (Wildman–Crippen MR) is 82.2 cm³/mol. The van der Waals surface area contributed by atoms with E-state index in [0.717, 1.165) is 37.8 Å². The summed E-state index contributed by atoms with van der Waals surface area (Å²) in [7, 11) is 0. The predicted octanol–water partition coefficient (Wildman–Crippen LogP) is 4.14. The van der Waals surface area contributed by atoms with E-state index in [2.05, 4.69) is 17.2 Å². The number of amides is 1. The van der Waals surface area contributed by atoms with Gasteiger partial charge in [-0.2, -0.15) is 0 Å². The van der Waals surface area contributed by atoms with Gasteiger partial charge in [0.15, 0.2) is 0 Å². The Morgan fingerprint density at radius 3 is 2.80 bits per heavy atom.